The van der Waals surface area contributed by atoms with Gasteiger partial charge < -0.3 is 10.2 Å². The molecule has 1 aromatic rings. The van der Waals surface area contributed by atoms with Crippen LogP contribution in [0.1, 0.15) is 31.2 Å². The number of piperidine rings is 2. The van der Waals surface area contributed by atoms with Crippen LogP contribution in [-0.4, -0.2) is 37.3 Å². The number of hydroxylamine groups is 1. The fourth-order valence-corrected chi connectivity index (χ4v) is 3.80. The van der Waals surface area contributed by atoms with Gasteiger partial charge in [0.1, 0.15) is 0 Å². The number of benzene rings is 1. The van der Waals surface area contributed by atoms with Gasteiger partial charge in [0.2, 0.25) is 0 Å². The van der Waals surface area contributed by atoms with Crippen LogP contribution in [0.3, 0.4) is 0 Å². The first-order chi connectivity index (χ1) is 11.2. The summed E-state index contributed by atoms with van der Waals surface area (Å²) in [4.78, 5) is 13.6. The minimum atomic E-state index is -0.509. The number of nitrogens with zero attached hydrogens (tertiary/aromatic N) is 1. The minimum Gasteiger partial charge on any atom is -0.371 e. The molecule has 5 heteroatoms. The molecule has 0 radical (unpaired) electrons. The molecule has 0 bridgehead atoms. The van der Waals surface area contributed by atoms with Gasteiger partial charge in [-0.1, -0.05) is 18.2 Å². The van der Waals surface area contributed by atoms with Crippen molar-refractivity contribution in [1.82, 2.24) is 10.8 Å². The number of hydrogen-bond acceptors (Lipinski definition) is 4. The molecule has 5 nitrogen and oxygen atoms in total. The third kappa shape index (κ3) is 3.74. The Morgan fingerprint density at radius 3 is 2.74 bits per heavy atom. The van der Waals surface area contributed by atoms with Crippen molar-refractivity contribution in [3.05, 3.63) is 35.9 Å². The van der Waals surface area contributed by atoms with E-state index in [4.69, 9.17) is 5.21 Å². The fraction of sp³-hybridized carbons (Fsp3) is 0.500. The SMILES string of the molecule is O=C(/C=C/c1ccccc1N1CCC2(CCCNC2)CC1)NO. The van der Waals surface area contributed by atoms with Gasteiger partial charge in [-0.15, -0.1) is 0 Å². The van der Waals surface area contributed by atoms with Gasteiger partial charge in [-0.05, 0) is 55.3 Å². The monoisotopic (exact) mass is 315 g/mol. The largest absolute Gasteiger partial charge is 0.371 e. The summed E-state index contributed by atoms with van der Waals surface area (Å²) >= 11 is 0. The van der Waals surface area contributed by atoms with Gasteiger partial charge in [0, 0.05) is 31.4 Å². The average Bonchev–Trinajstić information content (AvgIpc) is 2.61. The van der Waals surface area contributed by atoms with E-state index in [2.05, 4.69) is 16.3 Å². The Morgan fingerprint density at radius 2 is 2.04 bits per heavy atom. The van der Waals surface area contributed by atoms with Crippen LogP contribution in [0.2, 0.25) is 0 Å². The van der Waals surface area contributed by atoms with E-state index in [0.717, 1.165) is 37.4 Å². The number of hydrogen-bond donors (Lipinski definition) is 3. The van der Waals surface area contributed by atoms with Crippen LogP contribution >= 0.6 is 0 Å². The maximum Gasteiger partial charge on any atom is 0.267 e. The molecule has 23 heavy (non-hydrogen) atoms. The van der Waals surface area contributed by atoms with E-state index in [-0.39, 0.29) is 0 Å². The zero-order chi connectivity index (χ0) is 16.1. The molecule has 3 rings (SSSR count). The summed E-state index contributed by atoms with van der Waals surface area (Å²) in [7, 11) is 0. The van der Waals surface area contributed by atoms with Crippen molar-refractivity contribution >= 4 is 17.7 Å². The molecule has 0 saturated carbocycles. The zero-order valence-corrected chi connectivity index (χ0v) is 13.4. The van der Waals surface area contributed by atoms with Crippen molar-refractivity contribution < 1.29 is 10.0 Å². The Kier molecular flexibility index (Phi) is 4.98. The lowest BCUT2D eigenvalue weighted by Crippen LogP contribution is -2.48. The van der Waals surface area contributed by atoms with Crippen LogP contribution in [0.4, 0.5) is 5.69 Å². The molecule has 1 spiro atoms. The number of anilines is 1. The number of rotatable bonds is 3. The average molecular weight is 315 g/mol. The molecule has 0 aromatic heterocycles. The smallest absolute Gasteiger partial charge is 0.267 e. The van der Waals surface area contributed by atoms with Crippen LogP contribution in [0, 0.1) is 5.41 Å². The van der Waals surface area contributed by atoms with E-state index in [1.54, 1.807) is 11.6 Å². The molecular formula is C18H25N3O2. The predicted octanol–water partition coefficient (Wildman–Crippen LogP) is 2.18. The quantitative estimate of drug-likeness (QED) is 0.454. The Labute approximate surface area is 137 Å². The second kappa shape index (κ2) is 7.15. The Morgan fingerprint density at radius 1 is 1.26 bits per heavy atom. The highest BCUT2D eigenvalue weighted by atomic mass is 16.5. The van der Waals surface area contributed by atoms with Crippen molar-refractivity contribution in [3.63, 3.8) is 0 Å². The first-order valence-electron chi connectivity index (χ1n) is 8.39. The maximum atomic E-state index is 11.2. The van der Waals surface area contributed by atoms with Gasteiger partial charge in [-0.2, -0.15) is 0 Å². The summed E-state index contributed by atoms with van der Waals surface area (Å²) in [5.41, 5.74) is 4.28. The summed E-state index contributed by atoms with van der Waals surface area (Å²) in [5.74, 6) is -0.509. The molecular weight excluding hydrogens is 290 g/mol. The Bertz CT molecular complexity index is 569. The van der Waals surface area contributed by atoms with Crippen LogP contribution in [0.25, 0.3) is 6.08 Å². The number of amides is 1. The summed E-state index contributed by atoms with van der Waals surface area (Å²) in [5, 5.41) is 12.2. The standard InChI is InChI=1S/C18H25N3O2/c22-17(20-23)7-6-15-4-1-2-5-16(15)21-12-9-18(10-13-21)8-3-11-19-14-18/h1-2,4-7,19,23H,3,8-14H2,(H,20,22)/b7-6+. The zero-order valence-electron chi connectivity index (χ0n) is 13.4. The Hall–Kier alpha value is -1.85. The molecule has 1 aromatic carbocycles. The van der Waals surface area contributed by atoms with Gasteiger partial charge in [-0.25, -0.2) is 5.48 Å². The molecule has 2 saturated heterocycles. The molecule has 2 aliphatic rings. The van der Waals surface area contributed by atoms with Crippen LogP contribution in [-0.2, 0) is 4.79 Å². The summed E-state index contributed by atoms with van der Waals surface area (Å²) in [6, 6.07) is 8.11. The Balaban J connectivity index is 1.70. The molecule has 0 atom stereocenters. The van der Waals surface area contributed by atoms with Gasteiger partial charge in [0.05, 0.1) is 0 Å². The number of carbonyl (C=O) groups is 1. The minimum absolute atomic E-state index is 0.482. The van der Waals surface area contributed by atoms with E-state index in [0.29, 0.717) is 5.41 Å². The lowest BCUT2D eigenvalue weighted by Gasteiger charge is -2.45. The molecule has 0 unspecified atom stereocenters. The molecule has 1 amide bonds. The lowest BCUT2D eigenvalue weighted by atomic mass is 9.73. The summed E-state index contributed by atoms with van der Waals surface area (Å²) < 4.78 is 0. The van der Waals surface area contributed by atoms with Crippen molar-refractivity contribution in [3.8, 4) is 0 Å². The fourth-order valence-electron chi connectivity index (χ4n) is 3.80. The van der Waals surface area contributed by atoms with Gasteiger partial charge in [0.25, 0.3) is 5.91 Å². The van der Waals surface area contributed by atoms with E-state index in [9.17, 15) is 4.79 Å². The molecule has 3 N–H and O–H groups in total. The highest BCUT2D eigenvalue weighted by molar-refractivity contribution is 5.91. The van der Waals surface area contributed by atoms with Crippen LogP contribution < -0.4 is 15.7 Å². The molecule has 2 fully saturated rings. The molecule has 124 valence electrons. The van der Waals surface area contributed by atoms with E-state index in [1.807, 2.05) is 18.2 Å². The highest BCUT2D eigenvalue weighted by Crippen LogP contribution is 2.39. The molecule has 0 aliphatic carbocycles. The van der Waals surface area contributed by atoms with Crippen molar-refractivity contribution in [2.75, 3.05) is 31.1 Å². The normalized spacial score (nSPS) is 20.8. The lowest BCUT2D eigenvalue weighted by molar-refractivity contribution is -0.124. The maximum absolute atomic E-state index is 11.2. The number of carbonyl (C=O) groups excluding carboxylic acids is 1. The van der Waals surface area contributed by atoms with Crippen molar-refractivity contribution in [2.24, 2.45) is 5.41 Å². The van der Waals surface area contributed by atoms with E-state index < -0.39 is 5.91 Å². The van der Waals surface area contributed by atoms with E-state index >= 15 is 0 Å². The van der Waals surface area contributed by atoms with Crippen LogP contribution in [0.15, 0.2) is 30.3 Å². The van der Waals surface area contributed by atoms with Crippen molar-refractivity contribution in [1.29, 1.82) is 0 Å². The molecule has 2 heterocycles. The first-order valence-corrected chi connectivity index (χ1v) is 8.39. The number of nitrogens with one attached hydrogen (secondary N) is 2. The second-order valence-corrected chi connectivity index (χ2v) is 6.64. The third-order valence-corrected chi connectivity index (χ3v) is 5.19. The van der Waals surface area contributed by atoms with Gasteiger partial charge in [0.15, 0.2) is 0 Å². The van der Waals surface area contributed by atoms with Gasteiger partial charge in [-0.3, -0.25) is 10.0 Å². The third-order valence-electron chi connectivity index (χ3n) is 5.19. The summed E-state index contributed by atoms with van der Waals surface area (Å²) in [6.07, 6.45) is 8.18. The second-order valence-electron chi connectivity index (χ2n) is 6.64. The first kappa shape index (κ1) is 16.0. The van der Waals surface area contributed by atoms with Crippen molar-refractivity contribution in [2.45, 2.75) is 25.7 Å². The molecule has 2 aliphatic heterocycles. The topological polar surface area (TPSA) is 64.6 Å². The highest BCUT2D eigenvalue weighted by Gasteiger charge is 2.35. The van der Waals surface area contributed by atoms with E-state index in [1.165, 1.54) is 31.8 Å². The summed E-state index contributed by atoms with van der Waals surface area (Å²) in [6.45, 7) is 4.42. The van der Waals surface area contributed by atoms with Crippen LogP contribution in [0.5, 0.6) is 0 Å². The number of para-hydroxylation sites is 1. The van der Waals surface area contributed by atoms with Gasteiger partial charge >= 0.3 is 0 Å². The predicted molar refractivity (Wildman–Crippen MR) is 91.4 cm³/mol.